The molecule has 5 nitrogen and oxygen atoms in total. The van der Waals surface area contributed by atoms with Gasteiger partial charge in [-0.2, -0.15) is 0 Å². The lowest BCUT2D eigenvalue weighted by Crippen LogP contribution is -2.37. The molecule has 0 aromatic rings. The first kappa shape index (κ1) is 11.8. The van der Waals surface area contributed by atoms with Gasteiger partial charge in [0.2, 0.25) is 0 Å². The number of nitrogens with zero attached hydrogens (tertiary/aromatic N) is 1. The van der Waals surface area contributed by atoms with Gasteiger partial charge in [0, 0.05) is 20.2 Å². The SMILES string of the molecule is COCC(O)CN(CO)CCO. The Bertz CT molecular complexity index is 101. The summed E-state index contributed by atoms with van der Waals surface area (Å²) < 4.78 is 4.71. The number of aliphatic hydroxyl groups is 3. The Hall–Kier alpha value is -0.200. The zero-order chi connectivity index (χ0) is 9.40. The summed E-state index contributed by atoms with van der Waals surface area (Å²) in [5, 5.41) is 26.5. The Labute approximate surface area is 72.2 Å². The maximum atomic E-state index is 9.22. The average Bonchev–Trinajstić information content (AvgIpc) is 2.04. The predicted octanol–water partition coefficient (Wildman–Crippen LogP) is -1.76. The molecular weight excluding hydrogens is 162 g/mol. The van der Waals surface area contributed by atoms with Crippen LogP contribution in [0, 0.1) is 0 Å². The van der Waals surface area contributed by atoms with E-state index in [-0.39, 0.29) is 19.9 Å². The number of ether oxygens (including phenoxy) is 1. The van der Waals surface area contributed by atoms with Gasteiger partial charge in [0.25, 0.3) is 0 Å². The first-order valence-corrected chi connectivity index (χ1v) is 3.85. The molecule has 0 fully saturated rings. The number of hydrogen-bond donors (Lipinski definition) is 3. The summed E-state index contributed by atoms with van der Waals surface area (Å²) in [6, 6.07) is 0. The maximum absolute atomic E-state index is 9.22. The summed E-state index contributed by atoms with van der Waals surface area (Å²) in [7, 11) is 1.50. The van der Waals surface area contributed by atoms with Crippen LogP contribution in [0.2, 0.25) is 0 Å². The van der Waals surface area contributed by atoms with Crippen LogP contribution in [0.5, 0.6) is 0 Å². The van der Waals surface area contributed by atoms with Gasteiger partial charge in [-0.1, -0.05) is 0 Å². The van der Waals surface area contributed by atoms with E-state index in [0.29, 0.717) is 13.1 Å². The first-order valence-electron chi connectivity index (χ1n) is 3.85. The summed E-state index contributed by atoms with van der Waals surface area (Å²) in [5.41, 5.74) is 0. The Kier molecular flexibility index (Phi) is 7.33. The summed E-state index contributed by atoms with van der Waals surface area (Å²) in [6.07, 6.45) is -0.617. The standard InChI is InChI=1S/C7H17NO4/c1-12-5-7(11)4-8(6-10)2-3-9/h7,9-11H,2-6H2,1H3. The molecule has 0 aromatic heterocycles. The van der Waals surface area contributed by atoms with Crippen LogP contribution >= 0.6 is 0 Å². The maximum Gasteiger partial charge on any atom is 0.0958 e. The van der Waals surface area contributed by atoms with Crippen molar-refractivity contribution in [1.29, 1.82) is 0 Å². The average molecular weight is 179 g/mol. The summed E-state index contributed by atoms with van der Waals surface area (Å²) >= 11 is 0. The van der Waals surface area contributed by atoms with Crippen molar-refractivity contribution in [3.8, 4) is 0 Å². The molecule has 0 saturated heterocycles. The summed E-state index contributed by atoms with van der Waals surface area (Å²) in [5.74, 6) is 0. The Morgan fingerprint density at radius 2 is 2.08 bits per heavy atom. The van der Waals surface area contributed by atoms with Gasteiger partial charge in [-0.25, -0.2) is 0 Å². The van der Waals surface area contributed by atoms with Crippen molar-refractivity contribution in [1.82, 2.24) is 4.90 Å². The van der Waals surface area contributed by atoms with Gasteiger partial charge in [-0.15, -0.1) is 0 Å². The lowest BCUT2D eigenvalue weighted by atomic mass is 10.3. The third-order valence-electron chi connectivity index (χ3n) is 1.44. The molecule has 0 aliphatic carbocycles. The van der Waals surface area contributed by atoms with Crippen molar-refractivity contribution in [2.75, 3.05) is 40.1 Å². The number of aliphatic hydroxyl groups excluding tert-OH is 3. The van der Waals surface area contributed by atoms with Crippen LogP contribution in [0.3, 0.4) is 0 Å². The lowest BCUT2D eigenvalue weighted by molar-refractivity contribution is 0.00687. The normalized spacial score (nSPS) is 13.8. The van der Waals surface area contributed by atoms with Crippen LogP contribution in [0.1, 0.15) is 0 Å². The van der Waals surface area contributed by atoms with E-state index in [2.05, 4.69) is 0 Å². The third-order valence-corrected chi connectivity index (χ3v) is 1.44. The van der Waals surface area contributed by atoms with Crippen molar-refractivity contribution in [3.63, 3.8) is 0 Å². The van der Waals surface area contributed by atoms with E-state index in [4.69, 9.17) is 14.9 Å². The second-order valence-electron chi connectivity index (χ2n) is 2.55. The van der Waals surface area contributed by atoms with Crippen LogP contribution in [0.25, 0.3) is 0 Å². The minimum absolute atomic E-state index is 0.0275. The number of hydrogen-bond acceptors (Lipinski definition) is 5. The molecular formula is C7H17NO4. The van der Waals surface area contributed by atoms with Crippen LogP contribution in [-0.2, 0) is 4.74 Å². The first-order chi connectivity index (χ1) is 5.74. The smallest absolute Gasteiger partial charge is 0.0958 e. The zero-order valence-electron chi connectivity index (χ0n) is 7.31. The minimum atomic E-state index is -0.617. The van der Waals surface area contributed by atoms with Crippen molar-refractivity contribution < 1.29 is 20.1 Å². The molecule has 1 unspecified atom stereocenters. The largest absolute Gasteiger partial charge is 0.395 e. The Morgan fingerprint density at radius 3 is 2.50 bits per heavy atom. The van der Waals surface area contributed by atoms with Gasteiger partial charge in [0.1, 0.15) is 0 Å². The zero-order valence-corrected chi connectivity index (χ0v) is 7.31. The highest BCUT2D eigenvalue weighted by Gasteiger charge is 2.09. The molecule has 0 aliphatic heterocycles. The van der Waals surface area contributed by atoms with Crippen LogP contribution in [-0.4, -0.2) is 66.5 Å². The van der Waals surface area contributed by atoms with E-state index in [0.717, 1.165) is 0 Å². The third kappa shape index (κ3) is 5.45. The fourth-order valence-electron chi connectivity index (χ4n) is 0.904. The lowest BCUT2D eigenvalue weighted by Gasteiger charge is -2.21. The summed E-state index contributed by atoms with van der Waals surface area (Å²) in [4.78, 5) is 1.53. The second kappa shape index (κ2) is 7.45. The Morgan fingerprint density at radius 1 is 1.42 bits per heavy atom. The molecule has 0 rings (SSSR count). The van der Waals surface area contributed by atoms with Gasteiger partial charge in [-0.05, 0) is 0 Å². The monoisotopic (exact) mass is 179 g/mol. The van der Waals surface area contributed by atoms with Gasteiger partial charge in [0.15, 0.2) is 0 Å². The predicted molar refractivity (Wildman–Crippen MR) is 43.6 cm³/mol. The van der Waals surface area contributed by atoms with Crippen LogP contribution in [0.15, 0.2) is 0 Å². The molecule has 0 spiro atoms. The van der Waals surface area contributed by atoms with Gasteiger partial charge in [0.05, 0.1) is 26.0 Å². The highest BCUT2D eigenvalue weighted by molar-refractivity contribution is 4.60. The highest BCUT2D eigenvalue weighted by atomic mass is 16.5. The molecule has 5 heteroatoms. The fraction of sp³-hybridized carbons (Fsp3) is 1.00. The number of rotatable bonds is 7. The van der Waals surface area contributed by atoms with E-state index < -0.39 is 6.10 Å². The van der Waals surface area contributed by atoms with Gasteiger partial charge >= 0.3 is 0 Å². The highest BCUT2D eigenvalue weighted by Crippen LogP contribution is 1.91. The van der Waals surface area contributed by atoms with Crippen LogP contribution < -0.4 is 0 Å². The van der Waals surface area contributed by atoms with E-state index in [9.17, 15) is 5.11 Å². The molecule has 0 aliphatic rings. The Balaban J connectivity index is 3.53. The molecule has 1 atom stereocenters. The van der Waals surface area contributed by atoms with Crippen LogP contribution in [0.4, 0.5) is 0 Å². The minimum Gasteiger partial charge on any atom is -0.395 e. The van der Waals surface area contributed by atoms with Crippen molar-refractivity contribution >= 4 is 0 Å². The molecule has 0 bridgehead atoms. The van der Waals surface area contributed by atoms with Gasteiger partial charge in [-0.3, -0.25) is 4.90 Å². The molecule has 0 radical (unpaired) electrons. The van der Waals surface area contributed by atoms with E-state index in [1.807, 2.05) is 0 Å². The molecule has 0 amide bonds. The van der Waals surface area contributed by atoms with Crippen molar-refractivity contribution in [2.45, 2.75) is 6.10 Å². The van der Waals surface area contributed by atoms with E-state index >= 15 is 0 Å². The quantitative estimate of drug-likeness (QED) is 0.404. The van der Waals surface area contributed by atoms with Gasteiger partial charge < -0.3 is 20.1 Å². The number of methoxy groups -OCH3 is 1. The molecule has 74 valence electrons. The molecule has 0 heterocycles. The molecule has 0 saturated carbocycles. The molecule has 0 aromatic carbocycles. The molecule has 12 heavy (non-hydrogen) atoms. The fourth-order valence-corrected chi connectivity index (χ4v) is 0.904. The van der Waals surface area contributed by atoms with Crippen molar-refractivity contribution in [2.24, 2.45) is 0 Å². The molecule has 3 N–H and O–H groups in total. The van der Waals surface area contributed by atoms with E-state index in [1.165, 1.54) is 12.0 Å². The topological polar surface area (TPSA) is 73.2 Å². The summed E-state index contributed by atoms with van der Waals surface area (Å²) in [6.45, 7) is 0.714. The van der Waals surface area contributed by atoms with E-state index in [1.54, 1.807) is 0 Å². The van der Waals surface area contributed by atoms with Crippen molar-refractivity contribution in [3.05, 3.63) is 0 Å². The second-order valence-corrected chi connectivity index (χ2v) is 2.55.